The molecule has 20 heavy (non-hydrogen) atoms. The highest BCUT2D eigenvalue weighted by Gasteiger charge is 2.20. The van der Waals surface area contributed by atoms with Crippen LogP contribution in [0, 0.1) is 11.7 Å². The van der Waals surface area contributed by atoms with E-state index in [1.165, 1.54) is 31.2 Å². The first-order chi connectivity index (χ1) is 9.74. The normalized spacial score (nSPS) is 22.7. The summed E-state index contributed by atoms with van der Waals surface area (Å²) in [6.45, 7) is 2.31. The quantitative estimate of drug-likeness (QED) is 0.647. The van der Waals surface area contributed by atoms with Gasteiger partial charge in [0.05, 0.1) is 0 Å². The van der Waals surface area contributed by atoms with Gasteiger partial charge in [-0.1, -0.05) is 62.2 Å². The van der Waals surface area contributed by atoms with Gasteiger partial charge in [0, 0.05) is 5.56 Å². The molecule has 2 aromatic carbocycles. The molecular weight excluding hydrogens is 247 g/mol. The molecule has 0 aromatic heterocycles. The van der Waals surface area contributed by atoms with Gasteiger partial charge in [0.2, 0.25) is 0 Å². The Morgan fingerprint density at radius 1 is 0.900 bits per heavy atom. The van der Waals surface area contributed by atoms with E-state index >= 15 is 0 Å². The van der Waals surface area contributed by atoms with E-state index in [4.69, 9.17) is 0 Å². The Bertz CT molecular complexity index is 566. The molecule has 1 aliphatic rings. The summed E-state index contributed by atoms with van der Waals surface area (Å²) < 4.78 is 14.4. The molecule has 0 N–H and O–H groups in total. The predicted molar refractivity (Wildman–Crippen MR) is 82.2 cm³/mol. The van der Waals surface area contributed by atoms with Crippen LogP contribution in [0.4, 0.5) is 4.39 Å². The van der Waals surface area contributed by atoms with E-state index in [0.717, 1.165) is 11.5 Å². The fourth-order valence-electron chi connectivity index (χ4n) is 3.23. The van der Waals surface area contributed by atoms with Crippen LogP contribution in [0.1, 0.15) is 44.1 Å². The van der Waals surface area contributed by atoms with Crippen LogP contribution in [-0.2, 0) is 0 Å². The Balaban J connectivity index is 1.84. The Labute approximate surface area is 120 Å². The lowest BCUT2D eigenvalue weighted by molar-refractivity contribution is 0.347. The molecule has 0 atom stereocenters. The summed E-state index contributed by atoms with van der Waals surface area (Å²) in [5.74, 6) is 1.29. The van der Waals surface area contributed by atoms with Gasteiger partial charge in [-0.15, -0.1) is 0 Å². The van der Waals surface area contributed by atoms with Crippen molar-refractivity contribution in [1.29, 1.82) is 0 Å². The molecule has 3 rings (SSSR count). The Morgan fingerprint density at radius 3 is 2.25 bits per heavy atom. The molecule has 0 saturated heterocycles. The summed E-state index contributed by atoms with van der Waals surface area (Å²) in [4.78, 5) is 0. The van der Waals surface area contributed by atoms with E-state index in [1.54, 1.807) is 6.07 Å². The van der Waals surface area contributed by atoms with E-state index in [1.807, 2.05) is 36.4 Å². The van der Waals surface area contributed by atoms with Crippen LogP contribution in [0.3, 0.4) is 0 Å². The van der Waals surface area contributed by atoms with Crippen LogP contribution in [0.15, 0.2) is 48.5 Å². The summed E-state index contributed by atoms with van der Waals surface area (Å²) >= 11 is 0. The zero-order chi connectivity index (χ0) is 13.9. The van der Waals surface area contributed by atoms with Crippen molar-refractivity contribution in [2.75, 3.05) is 0 Å². The van der Waals surface area contributed by atoms with Crippen LogP contribution in [-0.4, -0.2) is 0 Å². The molecule has 1 heteroatoms. The molecule has 0 radical (unpaired) electrons. The van der Waals surface area contributed by atoms with Crippen molar-refractivity contribution >= 4 is 0 Å². The van der Waals surface area contributed by atoms with Crippen LogP contribution in [0.2, 0.25) is 0 Å². The summed E-state index contributed by atoms with van der Waals surface area (Å²) in [5.41, 5.74) is 2.83. The highest BCUT2D eigenvalue weighted by atomic mass is 19.1. The number of benzene rings is 2. The maximum atomic E-state index is 14.4. The van der Waals surface area contributed by atoms with Gasteiger partial charge >= 0.3 is 0 Å². The summed E-state index contributed by atoms with van der Waals surface area (Å²) in [7, 11) is 0. The number of hydrogen-bond donors (Lipinski definition) is 0. The third-order valence-corrected chi connectivity index (χ3v) is 4.57. The van der Waals surface area contributed by atoms with Crippen molar-refractivity contribution in [3.63, 3.8) is 0 Å². The lowest BCUT2D eigenvalue weighted by atomic mass is 9.79. The highest BCUT2D eigenvalue weighted by molar-refractivity contribution is 5.64. The molecule has 1 aliphatic carbocycles. The molecule has 0 amide bonds. The second kappa shape index (κ2) is 5.78. The molecule has 0 bridgehead atoms. The van der Waals surface area contributed by atoms with Crippen molar-refractivity contribution in [3.05, 3.63) is 59.9 Å². The average molecular weight is 268 g/mol. The highest BCUT2D eigenvalue weighted by Crippen LogP contribution is 2.36. The molecule has 0 heterocycles. The van der Waals surface area contributed by atoms with Gasteiger partial charge in [-0.25, -0.2) is 4.39 Å². The first-order valence-electron chi connectivity index (χ1n) is 7.59. The fraction of sp³-hybridized carbons (Fsp3) is 0.368. The summed E-state index contributed by atoms with van der Waals surface area (Å²) in [6, 6.07) is 15.6. The summed E-state index contributed by atoms with van der Waals surface area (Å²) in [6.07, 6.45) is 4.94. The number of rotatable bonds is 2. The standard InChI is InChI=1S/C19H21F/c1-14-7-9-15(10-8-14)17-11-12-18(19(20)13-17)16-5-3-2-4-6-16/h2-6,11-15H,7-10H2,1H3. The number of hydrogen-bond acceptors (Lipinski definition) is 0. The van der Waals surface area contributed by atoms with Crippen LogP contribution in [0.25, 0.3) is 11.1 Å². The average Bonchev–Trinajstić information content (AvgIpc) is 2.49. The first kappa shape index (κ1) is 13.4. The minimum Gasteiger partial charge on any atom is -0.206 e. The van der Waals surface area contributed by atoms with Gasteiger partial charge in [0.1, 0.15) is 5.82 Å². The third kappa shape index (κ3) is 2.77. The lowest BCUT2D eigenvalue weighted by Crippen LogP contribution is -2.11. The Morgan fingerprint density at radius 2 is 1.60 bits per heavy atom. The van der Waals surface area contributed by atoms with Gasteiger partial charge in [0.25, 0.3) is 0 Å². The van der Waals surface area contributed by atoms with E-state index in [-0.39, 0.29) is 5.82 Å². The maximum absolute atomic E-state index is 14.4. The first-order valence-corrected chi connectivity index (χ1v) is 7.59. The lowest BCUT2D eigenvalue weighted by Gasteiger charge is -2.26. The van der Waals surface area contributed by atoms with Crippen LogP contribution < -0.4 is 0 Å². The second-order valence-electron chi connectivity index (χ2n) is 6.06. The van der Waals surface area contributed by atoms with Gasteiger partial charge in [0.15, 0.2) is 0 Å². The van der Waals surface area contributed by atoms with Crippen molar-refractivity contribution < 1.29 is 4.39 Å². The SMILES string of the molecule is CC1CCC(c2ccc(-c3ccccc3)c(F)c2)CC1. The fourth-order valence-corrected chi connectivity index (χ4v) is 3.23. The zero-order valence-corrected chi connectivity index (χ0v) is 12.0. The van der Waals surface area contributed by atoms with Crippen molar-refractivity contribution in [1.82, 2.24) is 0 Å². The maximum Gasteiger partial charge on any atom is 0.131 e. The van der Waals surface area contributed by atoms with E-state index < -0.39 is 0 Å². The van der Waals surface area contributed by atoms with Gasteiger partial charge < -0.3 is 0 Å². The van der Waals surface area contributed by atoms with E-state index in [2.05, 4.69) is 13.0 Å². The van der Waals surface area contributed by atoms with E-state index in [9.17, 15) is 4.39 Å². The molecule has 1 fully saturated rings. The molecule has 0 aliphatic heterocycles. The molecule has 0 unspecified atom stereocenters. The minimum atomic E-state index is -0.0904. The van der Waals surface area contributed by atoms with E-state index in [0.29, 0.717) is 11.5 Å². The van der Waals surface area contributed by atoms with Gasteiger partial charge in [-0.3, -0.25) is 0 Å². The van der Waals surface area contributed by atoms with Crippen LogP contribution >= 0.6 is 0 Å². The van der Waals surface area contributed by atoms with Crippen molar-refractivity contribution in [3.8, 4) is 11.1 Å². The Hall–Kier alpha value is -1.63. The molecule has 0 nitrogen and oxygen atoms in total. The molecule has 1 saturated carbocycles. The third-order valence-electron chi connectivity index (χ3n) is 4.57. The largest absolute Gasteiger partial charge is 0.206 e. The molecule has 104 valence electrons. The summed E-state index contributed by atoms with van der Waals surface area (Å²) in [5, 5.41) is 0. The Kier molecular flexibility index (Phi) is 3.86. The zero-order valence-electron chi connectivity index (χ0n) is 12.0. The monoisotopic (exact) mass is 268 g/mol. The van der Waals surface area contributed by atoms with Crippen molar-refractivity contribution in [2.45, 2.75) is 38.5 Å². The molecule has 2 aromatic rings. The topological polar surface area (TPSA) is 0 Å². The van der Waals surface area contributed by atoms with Crippen molar-refractivity contribution in [2.24, 2.45) is 5.92 Å². The van der Waals surface area contributed by atoms with Gasteiger partial charge in [-0.2, -0.15) is 0 Å². The second-order valence-corrected chi connectivity index (χ2v) is 6.06. The number of halogens is 1. The predicted octanol–water partition coefficient (Wildman–Crippen LogP) is 5.79. The van der Waals surface area contributed by atoms with Gasteiger partial charge in [-0.05, 0) is 41.9 Å². The van der Waals surface area contributed by atoms with Crippen LogP contribution in [0.5, 0.6) is 0 Å². The smallest absolute Gasteiger partial charge is 0.131 e. The minimum absolute atomic E-state index is 0.0904. The molecular formula is C19H21F. The molecule has 0 spiro atoms.